The van der Waals surface area contributed by atoms with Crippen LogP contribution in [0.5, 0.6) is 0 Å². The van der Waals surface area contributed by atoms with Gasteiger partial charge in [-0.05, 0) is 11.6 Å². The first-order valence-corrected chi connectivity index (χ1v) is 6.06. The highest BCUT2D eigenvalue weighted by Crippen LogP contribution is 2.16. The number of nitrogens with one attached hydrogen (secondary N) is 1. The van der Waals surface area contributed by atoms with Crippen molar-refractivity contribution in [2.45, 2.75) is 26.3 Å². The first kappa shape index (κ1) is 14.5. The van der Waals surface area contributed by atoms with E-state index in [1.807, 2.05) is 0 Å². The minimum absolute atomic E-state index is 0.174. The topological polar surface area (TPSA) is 66.4 Å². The average Bonchev–Trinajstić information content (AvgIpc) is 2.30. The molecule has 1 rings (SSSR count). The van der Waals surface area contributed by atoms with Crippen LogP contribution in [-0.2, 0) is 16.0 Å². The van der Waals surface area contributed by atoms with Gasteiger partial charge in [-0.2, -0.15) is 0 Å². The van der Waals surface area contributed by atoms with Crippen molar-refractivity contribution in [2.75, 3.05) is 0 Å². The molecule has 0 radical (unpaired) electrons. The lowest BCUT2D eigenvalue weighted by molar-refractivity contribution is -0.142. The van der Waals surface area contributed by atoms with Crippen molar-refractivity contribution in [1.29, 1.82) is 0 Å². The Morgan fingerprint density at radius 2 is 1.94 bits per heavy atom. The zero-order chi connectivity index (χ0) is 13.7. The molecule has 18 heavy (non-hydrogen) atoms. The molecule has 1 amide bonds. The monoisotopic (exact) mass is 269 g/mol. The van der Waals surface area contributed by atoms with E-state index in [1.165, 1.54) is 0 Å². The van der Waals surface area contributed by atoms with Gasteiger partial charge in [0.05, 0.1) is 0 Å². The van der Waals surface area contributed by atoms with Crippen LogP contribution >= 0.6 is 11.6 Å². The zero-order valence-electron chi connectivity index (χ0n) is 10.3. The largest absolute Gasteiger partial charge is 0.480 e. The van der Waals surface area contributed by atoms with Crippen molar-refractivity contribution in [2.24, 2.45) is 5.92 Å². The predicted molar refractivity (Wildman–Crippen MR) is 69.6 cm³/mol. The van der Waals surface area contributed by atoms with Gasteiger partial charge in [-0.25, -0.2) is 4.79 Å². The fraction of sp³-hybridized carbons (Fsp3) is 0.385. The van der Waals surface area contributed by atoms with E-state index >= 15 is 0 Å². The van der Waals surface area contributed by atoms with Crippen LogP contribution in [0.4, 0.5) is 0 Å². The molecule has 0 saturated carbocycles. The second kappa shape index (κ2) is 6.40. The van der Waals surface area contributed by atoms with E-state index in [0.29, 0.717) is 10.6 Å². The SMILES string of the molecule is CC(C)C(=O)N[C@H](Cc1ccccc1Cl)C(=O)O. The molecule has 0 aromatic heterocycles. The smallest absolute Gasteiger partial charge is 0.326 e. The highest BCUT2D eigenvalue weighted by Gasteiger charge is 2.22. The molecule has 5 heteroatoms. The first-order valence-electron chi connectivity index (χ1n) is 5.68. The van der Waals surface area contributed by atoms with E-state index in [2.05, 4.69) is 5.32 Å². The molecule has 0 aliphatic rings. The van der Waals surface area contributed by atoms with E-state index < -0.39 is 12.0 Å². The molecule has 0 bridgehead atoms. The standard InChI is InChI=1S/C13H16ClNO3/c1-8(2)12(16)15-11(13(17)18)7-9-5-3-4-6-10(9)14/h3-6,8,11H,7H2,1-2H3,(H,15,16)(H,17,18)/t11-/m1/s1. The van der Waals surface area contributed by atoms with Gasteiger partial charge in [-0.1, -0.05) is 43.6 Å². The Balaban J connectivity index is 2.79. The summed E-state index contributed by atoms with van der Waals surface area (Å²) in [6.45, 7) is 3.42. The molecule has 0 spiro atoms. The Morgan fingerprint density at radius 1 is 1.33 bits per heavy atom. The van der Waals surface area contributed by atoms with Crippen molar-refractivity contribution < 1.29 is 14.7 Å². The maximum Gasteiger partial charge on any atom is 0.326 e. The molecule has 0 unspecified atom stereocenters. The summed E-state index contributed by atoms with van der Waals surface area (Å²) in [6, 6.07) is 6.04. The van der Waals surface area contributed by atoms with Gasteiger partial charge in [-0.3, -0.25) is 4.79 Å². The molecule has 0 aliphatic carbocycles. The van der Waals surface area contributed by atoms with Crippen molar-refractivity contribution in [3.05, 3.63) is 34.9 Å². The summed E-state index contributed by atoms with van der Waals surface area (Å²) in [6.07, 6.45) is 0.174. The normalized spacial score (nSPS) is 12.2. The third-order valence-corrected chi connectivity index (χ3v) is 2.89. The van der Waals surface area contributed by atoms with Crippen molar-refractivity contribution in [3.63, 3.8) is 0 Å². The molecule has 0 heterocycles. The molecular formula is C13H16ClNO3. The number of carboxylic acid groups (broad SMARTS) is 1. The van der Waals surface area contributed by atoms with E-state index in [1.54, 1.807) is 38.1 Å². The molecule has 4 nitrogen and oxygen atoms in total. The molecule has 98 valence electrons. The lowest BCUT2D eigenvalue weighted by Crippen LogP contribution is -2.44. The number of carboxylic acids is 1. The molecule has 0 aliphatic heterocycles. The molecule has 2 N–H and O–H groups in total. The van der Waals surface area contributed by atoms with Crippen LogP contribution in [-0.4, -0.2) is 23.0 Å². The third kappa shape index (κ3) is 4.04. The fourth-order valence-electron chi connectivity index (χ4n) is 1.42. The molecule has 0 saturated heterocycles. The number of benzene rings is 1. The molecule has 0 fully saturated rings. The van der Waals surface area contributed by atoms with E-state index in [-0.39, 0.29) is 18.2 Å². The highest BCUT2D eigenvalue weighted by atomic mass is 35.5. The number of hydrogen-bond acceptors (Lipinski definition) is 2. The summed E-state index contributed by atoms with van der Waals surface area (Å²) < 4.78 is 0. The predicted octanol–water partition coefficient (Wildman–Crippen LogP) is 2.11. The van der Waals surface area contributed by atoms with E-state index in [9.17, 15) is 9.59 Å². The average molecular weight is 270 g/mol. The van der Waals surface area contributed by atoms with Gasteiger partial charge in [0, 0.05) is 17.4 Å². The maximum atomic E-state index is 11.5. The minimum atomic E-state index is -1.07. The van der Waals surface area contributed by atoms with Gasteiger partial charge >= 0.3 is 5.97 Å². The van der Waals surface area contributed by atoms with Gasteiger partial charge in [-0.15, -0.1) is 0 Å². The highest BCUT2D eigenvalue weighted by molar-refractivity contribution is 6.31. The first-order chi connectivity index (χ1) is 8.41. The Hall–Kier alpha value is -1.55. The number of halogens is 1. The van der Waals surface area contributed by atoms with Gasteiger partial charge < -0.3 is 10.4 Å². The van der Waals surface area contributed by atoms with E-state index in [0.717, 1.165) is 0 Å². The third-order valence-electron chi connectivity index (χ3n) is 2.52. The van der Waals surface area contributed by atoms with E-state index in [4.69, 9.17) is 16.7 Å². The number of hydrogen-bond donors (Lipinski definition) is 2. The Morgan fingerprint density at radius 3 is 2.44 bits per heavy atom. The Kier molecular flexibility index (Phi) is 5.16. The second-order valence-electron chi connectivity index (χ2n) is 4.35. The second-order valence-corrected chi connectivity index (χ2v) is 4.76. The van der Waals surface area contributed by atoms with Crippen molar-refractivity contribution in [1.82, 2.24) is 5.32 Å². The number of amides is 1. The van der Waals surface area contributed by atoms with Crippen LogP contribution in [0.25, 0.3) is 0 Å². The van der Waals surface area contributed by atoms with Crippen LogP contribution in [0.3, 0.4) is 0 Å². The van der Waals surface area contributed by atoms with Crippen LogP contribution < -0.4 is 5.32 Å². The molecular weight excluding hydrogens is 254 g/mol. The van der Waals surface area contributed by atoms with Gasteiger partial charge in [0.1, 0.15) is 6.04 Å². The lowest BCUT2D eigenvalue weighted by Gasteiger charge is -2.16. The fourth-order valence-corrected chi connectivity index (χ4v) is 1.64. The van der Waals surface area contributed by atoms with Crippen LogP contribution in [0.1, 0.15) is 19.4 Å². The van der Waals surface area contributed by atoms with Gasteiger partial charge in [0.15, 0.2) is 0 Å². The number of aliphatic carboxylic acids is 1. The van der Waals surface area contributed by atoms with Crippen LogP contribution in [0, 0.1) is 5.92 Å². The van der Waals surface area contributed by atoms with Gasteiger partial charge in [0.25, 0.3) is 0 Å². The number of rotatable bonds is 5. The summed E-state index contributed by atoms with van der Waals surface area (Å²) in [5.41, 5.74) is 0.704. The van der Waals surface area contributed by atoms with Crippen LogP contribution in [0.15, 0.2) is 24.3 Å². The Labute approximate surface area is 111 Å². The maximum absolute atomic E-state index is 11.5. The summed E-state index contributed by atoms with van der Waals surface area (Å²) in [4.78, 5) is 22.6. The van der Waals surface area contributed by atoms with Crippen molar-refractivity contribution in [3.8, 4) is 0 Å². The number of carbonyl (C=O) groups is 2. The summed E-state index contributed by atoms with van der Waals surface area (Å²) >= 11 is 5.97. The quantitative estimate of drug-likeness (QED) is 0.860. The van der Waals surface area contributed by atoms with Crippen LogP contribution in [0.2, 0.25) is 5.02 Å². The molecule has 1 atom stereocenters. The Bertz CT molecular complexity index is 446. The zero-order valence-corrected chi connectivity index (χ0v) is 11.1. The van der Waals surface area contributed by atoms with Crippen molar-refractivity contribution >= 4 is 23.5 Å². The molecule has 1 aromatic rings. The molecule has 1 aromatic carbocycles. The number of carbonyl (C=O) groups excluding carboxylic acids is 1. The minimum Gasteiger partial charge on any atom is -0.480 e. The van der Waals surface area contributed by atoms with Gasteiger partial charge in [0.2, 0.25) is 5.91 Å². The summed E-state index contributed by atoms with van der Waals surface area (Å²) in [5.74, 6) is -1.60. The lowest BCUT2D eigenvalue weighted by atomic mass is 10.0. The summed E-state index contributed by atoms with van der Waals surface area (Å²) in [7, 11) is 0. The summed E-state index contributed by atoms with van der Waals surface area (Å²) in [5, 5.41) is 12.1.